The van der Waals surface area contributed by atoms with E-state index >= 15 is 0 Å². The predicted octanol–water partition coefficient (Wildman–Crippen LogP) is 2.52. The molecule has 0 aromatic heterocycles. The van der Waals surface area contributed by atoms with Crippen LogP contribution < -0.4 is 0 Å². The highest BCUT2D eigenvalue weighted by Gasteiger charge is 2.26. The van der Waals surface area contributed by atoms with E-state index in [1.807, 2.05) is 20.8 Å². The number of carbonyl (C=O) groups is 1. The molecule has 0 atom stereocenters. The number of hydrogen-bond acceptors (Lipinski definition) is 3. The van der Waals surface area contributed by atoms with Crippen LogP contribution >= 0.6 is 0 Å². The van der Waals surface area contributed by atoms with Crippen molar-refractivity contribution < 1.29 is 14.6 Å². The lowest BCUT2D eigenvalue weighted by Gasteiger charge is -2.21. The van der Waals surface area contributed by atoms with E-state index in [1.165, 1.54) is 0 Å². The first-order chi connectivity index (χ1) is 6.69. The average Bonchev–Trinajstić information content (AvgIpc) is 2.10. The second-order valence-corrected chi connectivity index (χ2v) is 5.29. The van der Waals surface area contributed by atoms with Crippen LogP contribution in [0.3, 0.4) is 0 Å². The van der Waals surface area contributed by atoms with Crippen molar-refractivity contribution in [3.63, 3.8) is 0 Å². The molecule has 0 aliphatic rings. The van der Waals surface area contributed by atoms with Crippen molar-refractivity contribution in [3.8, 4) is 0 Å². The number of ether oxygens (including phenoxy) is 1. The lowest BCUT2D eigenvalue weighted by molar-refractivity contribution is -0.154. The van der Waals surface area contributed by atoms with Gasteiger partial charge in [0.05, 0.1) is 17.6 Å². The largest absolute Gasteiger partial charge is 0.465 e. The Kier molecular flexibility index (Phi) is 5.29. The maximum Gasteiger partial charge on any atom is 0.311 e. The van der Waals surface area contributed by atoms with Gasteiger partial charge in [0, 0.05) is 0 Å². The third kappa shape index (κ3) is 6.50. The molecular formula is C12H24O3. The highest BCUT2D eigenvalue weighted by Crippen LogP contribution is 2.21. The van der Waals surface area contributed by atoms with Crippen LogP contribution in [0.2, 0.25) is 0 Å². The van der Waals surface area contributed by atoms with Gasteiger partial charge in [0.25, 0.3) is 0 Å². The summed E-state index contributed by atoms with van der Waals surface area (Å²) in [6.45, 7) is 9.64. The lowest BCUT2D eigenvalue weighted by atomic mass is 9.91. The number of carbonyl (C=O) groups excluding carboxylic acids is 1. The Hall–Kier alpha value is -0.570. The smallest absolute Gasteiger partial charge is 0.311 e. The Balaban J connectivity index is 3.74. The van der Waals surface area contributed by atoms with Crippen molar-refractivity contribution in [2.75, 3.05) is 6.61 Å². The summed E-state index contributed by atoms with van der Waals surface area (Å²) in [6.07, 6.45) is 2.12. The molecule has 3 nitrogen and oxygen atoms in total. The van der Waals surface area contributed by atoms with Gasteiger partial charge in [-0.2, -0.15) is 0 Å². The molecule has 0 heterocycles. The predicted molar refractivity (Wildman–Crippen MR) is 60.6 cm³/mol. The summed E-state index contributed by atoms with van der Waals surface area (Å²) >= 11 is 0. The van der Waals surface area contributed by atoms with E-state index in [1.54, 1.807) is 13.8 Å². The summed E-state index contributed by atoms with van der Waals surface area (Å²) in [7, 11) is 0. The zero-order valence-electron chi connectivity index (χ0n) is 10.6. The van der Waals surface area contributed by atoms with Gasteiger partial charge in [-0.05, 0) is 47.0 Å². The van der Waals surface area contributed by atoms with Crippen molar-refractivity contribution in [1.82, 2.24) is 0 Å². The number of rotatable bonds is 6. The van der Waals surface area contributed by atoms with Crippen molar-refractivity contribution >= 4 is 5.97 Å². The molecule has 90 valence electrons. The molecular weight excluding hydrogens is 192 g/mol. The number of aliphatic hydroxyl groups is 1. The third-order valence-electron chi connectivity index (χ3n) is 2.60. The monoisotopic (exact) mass is 216 g/mol. The summed E-state index contributed by atoms with van der Waals surface area (Å²) in [6, 6.07) is 0. The van der Waals surface area contributed by atoms with E-state index in [9.17, 15) is 9.90 Å². The van der Waals surface area contributed by atoms with Crippen LogP contribution in [0.4, 0.5) is 0 Å². The maximum absolute atomic E-state index is 11.5. The fourth-order valence-electron chi connectivity index (χ4n) is 1.01. The van der Waals surface area contributed by atoms with Crippen molar-refractivity contribution in [2.24, 2.45) is 5.41 Å². The minimum atomic E-state index is -0.674. The van der Waals surface area contributed by atoms with Crippen LogP contribution in [0.15, 0.2) is 0 Å². The molecule has 3 heteroatoms. The van der Waals surface area contributed by atoms with Gasteiger partial charge >= 0.3 is 5.97 Å². The fraction of sp³-hybridized carbons (Fsp3) is 0.917. The minimum absolute atomic E-state index is 0.152. The molecule has 0 aromatic carbocycles. The summed E-state index contributed by atoms with van der Waals surface area (Å²) in [5.41, 5.74) is -1.07. The molecule has 0 radical (unpaired) electrons. The molecule has 0 saturated heterocycles. The van der Waals surface area contributed by atoms with Crippen molar-refractivity contribution in [1.29, 1.82) is 0 Å². The Morgan fingerprint density at radius 3 is 2.20 bits per heavy atom. The molecule has 0 amide bonds. The van der Waals surface area contributed by atoms with E-state index in [2.05, 4.69) is 0 Å². The quantitative estimate of drug-likeness (QED) is 0.548. The summed E-state index contributed by atoms with van der Waals surface area (Å²) in [5.74, 6) is -0.152. The second kappa shape index (κ2) is 5.50. The Labute approximate surface area is 92.8 Å². The topological polar surface area (TPSA) is 46.5 Å². The van der Waals surface area contributed by atoms with Crippen LogP contribution in [0, 0.1) is 5.41 Å². The van der Waals surface area contributed by atoms with Gasteiger partial charge in [-0.1, -0.05) is 6.92 Å². The molecule has 0 aromatic rings. The first kappa shape index (κ1) is 14.4. The zero-order chi connectivity index (χ0) is 12.1. The zero-order valence-corrected chi connectivity index (χ0v) is 10.6. The van der Waals surface area contributed by atoms with Crippen molar-refractivity contribution in [3.05, 3.63) is 0 Å². The SMILES string of the molecule is CCC(C)(C)C(=O)OCCCC(C)(C)O. The molecule has 0 saturated carbocycles. The second-order valence-electron chi connectivity index (χ2n) is 5.29. The van der Waals surface area contributed by atoms with Gasteiger partial charge in [0.2, 0.25) is 0 Å². The molecule has 0 bridgehead atoms. The van der Waals surface area contributed by atoms with Crippen LogP contribution in [-0.2, 0) is 9.53 Å². The average molecular weight is 216 g/mol. The first-order valence-corrected chi connectivity index (χ1v) is 5.58. The van der Waals surface area contributed by atoms with Gasteiger partial charge < -0.3 is 9.84 Å². The molecule has 0 aliphatic carbocycles. The Morgan fingerprint density at radius 2 is 1.80 bits per heavy atom. The van der Waals surface area contributed by atoms with Crippen LogP contribution in [-0.4, -0.2) is 23.3 Å². The van der Waals surface area contributed by atoms with Gasteiger partial charge in [-0.25, -0.2) is 0 Å². The van der Waals surface area contributed by atoms with E-state index in [-0.39, 0.29) is 5.97 Å². The molecule has 15 heavy (non-hydrogen) atoms. The van der Waals surface area contributed by atoms with E-state index in [4.69, 9.17) is 4.74 Å². The molecule has 0 fully saturated rings. The van der Waals surface area contributed by atoms with Crippen molar-refractivity contribution in [2.45, 2.75) is 59.5 Å². The maximum atomic E-state index is 11.5. The van der Waals surface area contributed by atoms with Gasteiger partial charge in [-0.3, -0.25) is 4.79 Å². The van der Waals surface area contributed by atoms with Crippen LogP contribution in [0.5, 0.6) is 0 Å². The summed E-state index contributed by atoms with van der Waals surface area (Å²) in [4.78, 5) is 11.5. The Morgan fingerprint density at radius 1 is 1.27 bits per heavy atom. The summed E-state index contributed by atoms with van der Waals surface area (Å²) < 4.78 is 5.14. The highest BCUT2D eigenvalue weighted by molar-refractivity contribution is 5.75. The molecule has 0 spiro atoms. The van der Waals surface area contributed by atoms with Gasteiger partial charge in [0.1, 0.15) is 0 Å². The molecule has 0 aliphatic heterocycles. The first-order valence-electron chi connectivity index (χ1n) is 5.58. The van der Waals surface area contributed by atoms with Crippen LogP contribution in [0.1, 0.15) is 53.9 Å². The number of hydrogen-bond donors (Lipinski definition) is 1. The molecule has 1 N–H and O–H groups in total. The fourth-order valence-corrected chi connectivity index (χ4v) is 1.01. The standard InChI is InChI=1S/C12H24O3/c1-6-11(2,3)10(13)15-9-7-8-12(4,5)14/h14H,6-9H2,1-5H3. The highest BCUT2D eigenvalue weighted by atomic mass is 16.5. The summed E-state index contributed by atoms with van der Waals surface area (Å²) in [5, 5.41) is 9.45. The third-order valence-corrected chi connectivity index (χ3v) is 2.60. The van der Waals surface area contributed by atoms with Gasteiger partial charge in [0.15, 0.2) is 0 Å². The number of esters is 1. The molecule has 0 unspecified atom stereocenters. The normalized spacial score (nSPS) is 12.7. The van der Waals surface area contributed by atoms with E-state index in [0.29, 0.717) is 19.4 Å². The van der Waals surface area contributed by atoms with E-state index < -0.39 is 11.0 Å². The lowest BCUT2D eigenvalue weighted by Crippen LogP contribution is -2.26. The minimum Gasteiger partial charge on any atom is -0.465 e. The molecule has 0 rings (SSSR count). The van der Waals surface area contributed by atoms with Gasteiger partial charge in [-0.15, -0.1) is 0 Å². The van der Waals surface area contributed by atoms with E-state index in [0.717, 1.165) is 6.42 Å². The van der Waals surface area contributed by atoms with Crippen LogP contribution in [0.25, 0.3) is 0 Å². The Bertz CT molecular complexity index is 201.